The Morgan fingerprint density at radius 3 is 2.54 bits per heavy atom. The number of aromatic nitrogens is 1. The molecular weight excluding hydrogens is 467 g/mol. The van der Waals surface area contributed by atoms with Crippen molar-refractivity contribution < 1.29 is 18.7 Å². The largest absolute Gasteiger partial charge is 0.483 e. The molecule has 1 aliphatic carbocycles. The quantitative estimate of drug-likeness (QED) is 0.412. The number of urea groups is 1. The monoisotopic (exact) mass is 496 g/mol. The predicted molar refractivity (Wildman–Crippen MR) is 134 cm³/mol. The lowest BCUT2D eigenvalue weighted by atomic mass is 9.90. The Labute approximate surface area is 208 Å². The third-order valence-electron chi connectivity index (χ3n) is 6.14. The number of carbonyl (C=O) groups excluding carboxylic acids is 2. The van der Waals surface area contributed by atoms with Crippen LogP contribution in [0.5, 0.6) is 5.75 Å². The third kappa shape index (κ3) is 6.57. The van der Waals surface area contributed by atoms with Gasteiger partial charge in [0.1, 0.15) is 17.3 Å². The lowest BCUT2D eigenvalue weighted by Crippen LogP contribution is -2.54. The van der Waals surface area contributed by atoms with Crippen molar-refractivity contribution >= 4 is 29.0 Å². The molecule has 0 aliphatic heterocycles. The molecule has 2 atom stereocenters. The first-order valence-electron chi connectivity index (χ1n) is 11.7. The Balaban J connectivity index is 1.32. The number of amides is 3. The minimum Gasteiger partial charge on any atom is -0.483 e. The Morgan fingerprint density at radius 1 is 1.06 bits per heavy atom. The zero-order valence-electron chi connectivity index (χ0n) is 19.8. The molecule has 1 fully saturated rings. The molecule has 3 aromatic rings. The molecule has 1 saturated carbocycles. The van der Waals surface area contributed by atoms with Gasteiger partial charge in [-0.05, 0) is 62.1 Å². The van der Waals surface area contributed by atoms with E-state index in [1.54, 1.807) is 23.6 Å². The molecule has 1 aromatic heterocycles. The smallest absolute Gasteiger partial charge is 0.319 e. The Bertz CT molecular complexity index is 1200. The van der Waals surface area contributed by atoms with Crippen LogP contribution in [0.3, 0.4) is 0 Å². The summed E-state index contributed by atoms with van der Waals surface area (Å²) in [5.74, 6) is -0.602. The van der Waals surface area contributed by atoms with Crippen LogP contribution in [0.4, 0.5) is 14.9 Å². The molecule has 0 spiro atoms. The van der Waals surface area contributed by atoms with Crippen LogP contribution in [0.15, 0.2) is 47.8 Å². The number of para-hydroxylation sites is 1. The Hall–Kier alpha value is -3.46. The fourth-order valence-corrected chi connectivity index (χ4v) is 4.74. The second kappa shape index (κ2) is 11.3. The van der Waals surface area contributed by atoms with Gasteiger partial charge >= 0.3 is 6.03 Å². The summed E-state index contributed by atoms with van der Waals surface area (Å²) in [7, 11) is 0. The van der Waals surface area contributed by atoms with Crippen molar-refractivity contribution in [2.75, 3.05) is 5.32 Å². The maximum Gasteiger partial charge on any atom is 0.319 e. The first-order valence-corrected chi connectivity index (χ1v) is 12.5. The summed E-state index contributed by atoms with van der Waals surface area (Å²) in [6.45, 7) is 4.10. The summed E-state index contributed by atoms with van der Waals surface area (Å²) < 4.78 is 19.2. The molecule has 35 heavy (non-hydrogen) atoms. The fraction of sp³-hybridized carbons (Fsp3) is 0.346. The average Bonchev–Trinajstić information content (AvgIpc) is 3.31. The van der Waals surface area contributed by atoms with E-state index in [-0.39, 0.29) is 42.1 Å². The van der Waals surface area contributed by atoms with E-state index in [0.717, 1.165) is 42.5 Å². The highest BCUT2D eigenvalue weighted by molar-refractivity contribution is 7.09. The van der Waals surface area contributed by atoms with Gasteiger partial charge in [-0.25, -0.2) is 14.2 Å². The molecule has 0 unspecified atom stereocenters. The van der Waals surface area contributed by atoms with Gasteiger partial charge in [0.15, 0.2) is 11.6 Å². The molecule has 0 saturated heterocycles. The molecule has 184 valence electrons. The standard InChI is InChI=1S/C26H29FN4O3S/c1-16-11-12-18(13-17(16)2)28-26(33)31-21-9-5-4-8-20(21)30-25(32)22-15-35-24(29-22)14-34-23-10-6-3-7-19(23)27/h3,6-7,10-13,15,20-21H,4-5,8-9,14H2,1-2H3,(H,30,32)(H2,28,31,33)/t20-,21-/m0/s1. The summed E-state index contributed by atoms with van der Waals surface area (Å²) in [6.07, 6.45) is 3.51. The molecule has 4 rings (SSSR count). The fourth-order valence-electron chi connectivity index (χ4n) is 4.06. The molecule has 7 nitrogen and oxygen atoms in total. The average molecular weight is 497 g/mol. The van der Waals surface area contributed by atoms with Gasteiger partial charge in [0.2, 0.25) is 0 Å². The molecule has 0 radical (unpaired) electrons. The van der Waals surface area contributed by atoms with Gasteiger partial charge < -0.3 is 20.7 Å². The number of nitrogens with one attached hydrogen (secondary N) is 3. The second-order valence-electron chi connectivity index (χ2n) is 8.71. The Kier molecular flexibility index (Phi) is 7.97. The van der Waals surface area contributed by atoms with E-state index in [1.807, 2.05) is 32.0 Å². The molecule has 0 bridgehead atoms. The number of nitrogens with zero attached hydrogens (tertiary/aromatic N) is 1. The van der Waals surface area contributed by atoms with Gasteiger partial charge in [-0.3, -0.25) is 4.79 Å². The van der Waals surface area contributed by atoms with Crippen molar-refractivity contribution in [1.82, 2.24) is 15.6 Å². The van der Waals surface area contributed by atoms with Crippen LogP contribution >= 0.6 is 11.3 Å². The van der Waals surface area contributed by atoms with Crippen molar-refractivity contribution in [3.8, 4) is 5.75 Å². The third-order valence-corrected chi connectivity index (χ3v) is 6.96. The van der Waals surface area contributed by atoms with E-state index in [9.17, 15) is 14.0 Å². The van der Waals surface area contributed by atoms with Crippen LogP contribution in [-0.4, -0.2) is 29.0 Å². The zero-order chi connectivity index (χ0) is 24.8. The lowest BCUT2D eigenvalue weighted by Gasteiger charge is -2.32. The van der Waals surface area contributed by atoms with Crippen LogP contribution in [0.25, 0.3) is 0 Å². The zero-order valence-corrected chi connectivity index (χ0v) is 20.6. The first-order chi connectivity index (χ1) is 16.9. The summed E-state index contributed by atoms with van der Waals surface area (Å²) in [5.41, 5.74) is 3.28. The number of hydrogen-bond donors (Lipinski definition) is 3. The van der Waals surface area contributed by atoms with E-state index >= 15 is 0 Å². The summed E-state index contributed by atoms with van der Waals surface area (Å²) in [6, 6.07) is 11.3. The number of ether oxygens (including phenoxy) is 1. The topological polar surface area (TPSA) is 92.4 Å². The van der Waals surface area contributed by atoms with Crippen LogP contribution in [0.1, 0.15) is 52.3 Å². The van der Waals surface area contributed by atoms with E-state index in [2.05, 4.69) is 20.9 Å². The Morgan fingerprint density at radius 2 is 1.80 bits per heavy atom. The number of thiazole rings is 1. The van der Waals surface area contributed by atoms with Gasteiger partial charge in [0, 0.05) is 17.1 Å². The van der Waals surface area contributed by atoms with E-state index in [1.165, 1.54) is 17.4 Å². The van der Waals surface area contributed by atoms with Gasteiger partial charge in [-0.1, -0.05) is 31.0 Å². The minimum absolute atomic E-state index is 0.0745. The molecule has 9 heteroatoms. The highest BCUT2D eigenvalue weighted by Gasteiger charge is 2.28. The maximum atomic E-state index is 13.7. The van der Waals surface area contributed by atoms with Crippen LogP contribution in [0, 0.1) is 19.7 Å². The van der Waals surface area contributed by atoms with Gasteiger partial charge in [0.05, 0.1) is 6.04 Å². The molecule has 3 N–H and O–H groups in total. The maximum absolute atomic E-state index is 13.7. The van der Waals surface area contributed by atoms with Crippen molar-refractivity contribution in [3.63, 3.8) is 0 Å². The predicted octanol–water partition coefficient (Wildman–Crippen LogP) is 5.34. The number of hydrogen-bond acceptors (Lipinski definition) is 5. The summed E-state index contributed by atoms with van der Waals surface area (Å²) in [5, 5.41) is 11.2. The van der Waals surface area contributed by atoms with Gasteiger partial charge in [0.25, 0.3) is 5.91 Å². The van der Waals surface area contributed by atoms with Crippen LogP contribution in [0.2, 0.25) is 0 Å². The molecule has 2 aromatic carbocycles. The van der Waals surface area contributed by atoms with Crippen molar-refractivity contribution in [2.45, 2.75) is 58.2 Å². The summed E-state index contributed by atoms with van der Waals surface area (Å²) in [4.78, 5) is 29.8. The van der Waals surface area contributed by atoms with E-state index in [0.29, 0.717) is 5.01 Å². The van der Waals surface area contributed by atoms with Gasteiger partial charge in [-0.2, -0.15) is 0 Å². The van der Waals surface area contributed by atoms with E-state index < -0.39 is 5.82 Å². The molecular formula is C26H29FN4O3S. The molecule has 3 amide bonds. The van der Waals surface area contributed by atoms with Crippen molar-refractivity contribution in [1.29, 1.82) is 0 Å². The highest BCUT2D eigenvalue weighted by Crippen LogP contribution is 2.21. The molecule has 1 aliphatic rings. The second-order valence-corrected chi connectivity index (χ2v) is 9.66. The lowest BCUT2D eigenvalue weighted by molar-refractivity contribution is 0.0911. The summed E-state index contributed by atoms with van der Waals surface area (Å²) >= 11 is 1.28. The minimum atomic E-state index is -0.445. The number of rotatable bonds is 7. The SMILES string of the molecule is Cc1ccc(NC(=O)N[C@H]2CCCC[C@@H]2NC(=O)c2csc(COc3ccccc3F)n2)cc1C. The highest BCUT2D eigenvalue weighted by atomic mass is 32.1. The van der Waals surface area contributed by atoms with E-state index in [4.69, 9.17) is 4.74 Å². The number of halogens is 1. The van der Waals surface area contributed by atoms with Crippen molar-refractivity contribution in [2.24, 2.45) is 0 Å². The normalized spacial score (nSPS) is 17.5. The van der Waals surface area contributed by atoms with Gasteiger partial charge in [-0.15, -0.1) is 11.3 Å². The van der Waals surface area contributed by atoms with Crippen LogP contribution in [-0.2, 0) is 6.61 Å². The number of anilines is 1. The number of benzene rings is 2. The molecule has 1 heterocycles. The van der Waals surface area contributed by atoms with Crippen LogP contribution < -0.4 is 20.7 Å². The number of carbonyl (C=O) groups is 2. The van der Waals surface area contributed by atoms with Crippen molar-refractivity contribution in [3.05, 3.63) is 75.5 Å². The first kappa shape index (κ1) is 24.7. The number of aryl methyl sites for hydroxylation is 2.